The Morgan fingerprint density at radius 1 is 1.60 bits per heavy atom. The van der Waals surface area contributed by atoms with Gasteiger partial charge in [0.25, 0.3) is 0 Å². The van der Waals surface area contributed by atoms with E-state index in [2.05, 4.69) is 40.9 Å². The molecule has 0 saturated carbocycles. The molecule has 1 saturated heterocycles. The quantitative estimate of drug-likeness (QED) is 0.863. The Balaban J connectivity index is 1.95. The third-order valence-electron chi connectivity index (χ3n) is 2.46. The van der Waals surface area contributed by atoms with E-state index in [0.29, 0.717) is 9.88 Å². The number of aromatic nitrogens is 1. The highest BCUT2D eigenvalue weighted by Crippen LogP contribution is 2.30. The van der Waals surface area contributed by atoms with Crippen LogP contribution in [0.1, 0.15) is 19.5 Å². The van der Waals surface area contributed by atoms with Crippen LogP contribution in [0.5, 0.6) is 0 Å². The van der Waals surface area contributed by atoms with Crippen molar-refractivity contribution in [1.82, 2.24) is 9.88 Å². The molecule has 5 heteroatoms. The van der Waals surface area contributed by atoms with E-state index in [0.717, 1.165) is 25.3 Å². The Morgan fingerprint density at radius 2 is 2.40 bits per heavy atom. The lowest BCUT2D eigenvalue weighted by molar-refractivity contribution is 0.250. The highest BCUT2D eigenvalue weighted by Gasteiger charge is 2.27. The standard InChI is InChI=1S/C10H17N3S2/c1-10(2)7-13(3-4-15-10)5-8-6-14-9(11)12-8/h6H,3-5,7H2,1-2H3,(H2,11,12). The van der Waals surface area contributed by atoms with Gasteiger partial charge in [0, 0.05) is 35.5 Å². The lowest BCUT2D eigenvalue weighted by atomic mass is 10.2. The second-order valence-corrected chi connectivity index (χ2v) is 7.19. The summed E-state index contributed by atoms with van der Waals surface area (Å²) in [5, 5.41) is 2.74. The maximum Gasteiger partial charge on any atom is 0.180 e. The molecule has 1 aromatic rings. The topological polar surface area (TPSA) is 42.1 Å². The third kappa shape index (κ3) is 3.09. The van der Waals surface area contributed by atoms with Gasteiger partial charge in [0.1, 0.15) is 0 Å². The van der Waals surface area contributed by atoms with E-state index in [9.17, 15) is 0 Å². The molecule has 2 rings (SSSR count). The summed E-state index contributed by atoms with van der Waals surface area (Å²) in [5.41, 5.74) is 6.73. The summed E-state index contributed by atoms with van der Waals surface area (Å²) < 4.78 is 0.375. The Labute approximate surface area is 99.1 Å². The number of thioether (sulfide) groups is 1. The Kier molecular flexibility index (Phi) is 3.23. The van der Waals surface area contributed by atoms with Crippen LogP contribution in [0.2, 0.25) is 0 Å². The molecule has 0 aliphatic carbocycles. The van der Waals surface area contributed by atoms with Crippen molar-refractivity contribution in [3.05, 3.63) is 11.1 Å². The minimum absolute atomic E-state index is 0.375. The van der Waals surface area contributed by atoms with Crippen molar-refractivity contribution >= 4 is 28.2 Å². The number of nitrogens with zero attached hydrogens (tertiary/aromatic N) is 2. The number of nitrogen functional groups attached to an aromatic ring is 1. The molecule has 15 heavy (non-hydrogen) atoms. The third-order valence-corrected chi connectivity index (χ3v) is 4.48. The zero-order chi connectivity index (χ0) is 10.9. The highest BCUT2D eigenvalue weighted by molar-refractivity contribution is 8.00. The number of hydrogen-bond acceptors (Lipinski definition) is 5. The number of nitrogens with two attached hydrogens (primary N) is 1. The van der Waals surface area contributed by atoms with Crippen LogP contribution in [-0.2, 0) is 6.54 Å². The number of anilines is 1. The Bertz CT molecular complexity index is 335. The normalized spacial score (nSPS) is 21.7. The van der Waals surface area contributed by atoms with Crippen molar-refractivity contribution in [3.63, 3.8) is 0 Å². The molecule has 0 bridgehead atoms. The van der Waals surface area contributed by atoms with Crippen molar-refractivity contribution in [2.24, 2.45) is 0 Å². The van der Waals surface area contributed by atoms with Crippen molar-refractivity contribution in [2.45, 2.75) is 25.1 Å². The van der Waals surface area contributed by atoms with Crippen LogP contribution in [0.25, 0.3) is 0 Å². The first-order valence-electron chi connectivity index (χ1n) is 5.11. The van der Waals surface area contributed by atoms with E-state index in [-0.39, 0.29) is 0 Å². The molecular weight excluding hydrogens is 226 g/mol. The van der Waals surface area contributed by atoms with Crippen molar-refractivity contribution < 1.29 is 0 Å². The van der Waals surface area contributed by atoms with Crippen LogP contribution in [0, 0.1) is 0 Å². The smallest absolute Gasteiger partial charge is 0.180 e. The summed E-state index contributed by atoms with van der Waals surface area (Å²) in [7, 11) is 0. The highest BCUT2D eigenvalue weighted by atomic mass is 32.2. The van der Waals surface area contributed by atoms with E-state index < -0.39 is 0 Å². The second-order valence-electron chi connectivity index (χ2n) is 4.50. The van der Waals surface area contributed by atoms with Crippen LogP contribution >= 0.6 is 23.1 Å². The van der Waals surface area contributed by atoms with Crippen LogP contribution in [0.3, 0.4) is 0 Å². The lowest BCUT2D eigenvalue weighted by Crippen LogP contribution is -2.42. The number of rotatable bonds is 2. The van der Waals surface area contributed by atoms with Gasteiger partial charge in [0.15, 0.2) is 5.13 Å². The van der Waals surface area contributed by atoms with Crippen LogP contribution in [-0.4, -0.2) is 33.5 Å². The van der Waals surface area contributed by atoms with Crippen molar-refractivity contribution in [3.8, 4) is 0 Å². The largest absolute Gasteiger partial charge is 0.375 e. The lowest BCUT2D eigenvalue weighted by Gasteiger charge is -2.37. The van der Waals surface area contributed by atoms with E-state index in [1.165, 1.54) is 17.1 Å². The van der Waals surface area contributed by atoms with Crippen LogP contribution < -0.4 is 5.73 Å². The fourth-order valence-corrected chi connectivity index (χ4v) is 3.60. The van der Waals surface area contributed by atoms with Crippen molar-refractivity contribution in [1.29, 1.82) is 0 Å². The van der Waals surface area contributed by atoms with Gasteiger partial charge in [-0.25, -0.2) is 4.98 Å². The first-order valence-corrected chi connectivity index (χ1v) is 6.98. The molecule has 0 spiro atoms. The molecular formula is C10H17N3S2. The molecule has 2 heterocycles. The van der Waals surface area contributed by atoms with Gasteiger partial charge in [0.2, 0.25) is 0 Å². The first kappa shape index (κ1) is 11.2. The van der Waals surface area contributed by atoms with Crippen molar-refractivity contribution in [2.75, 3.05) is 24.6 Å². The van der Waals surface area contributed by atoms with Gasteiger partial charge in [0.05, 0.1) is 5.69 Å². The molecule has 2 N–H and O–H groups in total. The maximum absolute atomic E-state index is 5.62. The van der Waals surface area contributed by atoms with E-state index >= 15 is 0 Å². The summed E-state index contributed by atoms with van der Waals surface area (Å²) in [6.07, 6.45) is 0. The van der Waals surface area contributed by atoms with Crippen LogP contribution in [0.15, 0.2) is 5.38 Å². The minimum atomic E-state index is 0.375. The Hall–Kier alpha value is -0.260. The molecule has 0 unspecified atom stereocenters. The van der Waals surface area contributed by atoms with Gasteiger partial charge in [-0.2, -0.15) is 11.8 Å². The molecule has 1 aliphatic rings. The molecule has 3 nitrogen and oxygen atoms in total. The average molecular weight is 243 g/mol. The molecule has 0 aromatic carbocycles. The van der Waals surface area contributed by atoms with E-state index in [1.807, 2.05) is 0 Å². The summed E-state index contributed by atoms with van der Waals surface area (Å²) in [6.45, 7) is 7.84. The second kappa shape index (κ2) is 4.31. The zero-order valence-electron chi connectivity index (χ0n) is 9.19. The maximum atomic E-state index is 5.62. The van der Waals surface area contributed by atoms with E-state index in [4.69, 9.17) is 5.73 Å². The Morgan fingerprint density at radius 3 is 3.00 bits per heavy atom. The minimum Gasteiger partial charge on any atom is -0.375 e. The SMILES string of the molecule is CC1(C)CN(Cc2csc(N)n2)CCS1. The fraction of sp³-hybridized carbons (Fsp3) is 0.700. The summed E-state index contributed by atoms with van der Waals surface area (Å²) >= 11 is 3.58. The molecule has 1 fully saturated rings. The van der Waals surface area contributed by atoms with Gasteiger partial charge < -0.3 is 5.73 Å². The molecule has 0 amide bonds. The van der Waals surface area contributed by atoms with E-state index in [1.54, 1.807) is 0 Å². The first-order chi connectivity index (χ1) is 7.05. The summed E-state index contributed by atoms with van der Waals surface area (Å²) in [4.78, 5) is 6.76. The molecule has 84 valence electrons. The predicted octanol–water partition coefficient (Wildman–Crippen LogP) is 2.05. The molecule has 1 aliphatic heterocycles. The fourth-order valence-electron chi connectivity index (χ4n) is 1.87. The summed E-state index contributed by atoms with van der Waals surface area (Å²) in [5.74, 6) is 1.21. The van der Waals surface area contributed by atoms with Gasteiger partial charge in [-0.1, -0.05) is 0 Å². The molecule has 0 radical (unpaired) electrons. The number of hydrogen-bond donors (Lipinski definition) is 1. The molecule has 1 aromatic heterocycles. The van der Waals surface area contributed by atoms with Gasteiger partial charge in [-0.15, -0.1) is 11.3 Å². The average Bonchev–Trinajstić information content (AvgIpc) is 2.49. The summed E-state index contributed by atoms with van der Waals surface area (Å²) in [6, 6.07) is 0. The zero-order valence-corrected chi connectivity index (χ0v) is 10.8. The van der Waals surface area contributed by atoms with Gasteiger partial charge in [-0.3, -0.25) is 4.90 Å². The van der Waals surface area contributed by atoms with Gasteiger partial charge in [-0.05, 0) is 13.8 Å². The molecule has 0 atom stereocenters. The van der Waals surface area contributed by atoms with Gasteiger partial charge >= 0.3 is 0 Å². The van der Waals surface area contributed by atoms with Crippen LogP contribution in [0.4, 0.5) is 5.13 Å². The number of thiazole rings is 1. The predicted molar refractivity (Wildman–Crippen MR) is 68.3 cm³/mol. The monoisotopic (exact) mass is 243 g/mol.